The van der Waals surface area contributed by atoms with Crippen LogP contribution in [0.25, 0.3) is 5.69 Å². The number of ether oxygens (including phenoxy) is 1. The fourth-order valence-electron chi connectivity index (χ4n) is 3.24. The molecule has 0 radical (unpaired) electrons. The number of benzene rings is 2. The zero-order valence-corrected chi connectivity index (χ0v) is 16.9. The number of nitrogens with zero attached hydrogens (tertiary/aromatic N) is 6. The van der Waals surface area contributed by atoms with Crippen molar-refractivity contribution in [3.05, 3.63) is 65.2 Å². The fraction of sp³-hybridized carbons (Fsp3) is 0.300. The highest BCUT2D eigenvalue weighted by Crippen LogP contribution is 2.16. The zero-order valence-electron chi connectivity index (χ0n) is 16.1. The van der Waals surface area contributed by atoms with Gasteiger partial charge in [0.1, 0.15) is 11.6 Å². The summed E-state index contributed by atoms with van der Waals surface area (Å²) in [6, 6.07) is 13.0. The maximum atomic E-state index is 13.5. The normalized spacial score (nSPS) is 14.7. The monoisotopic (exact) mass is 430 g/mol. The van der Waals surface area contributed by atoms with E-state index in [1.807, 2.05) is 0 Å². The highest BCUT2D eigenvalue weighted by atomic mass is 35.5. The van der Waals surface area contributed by atoms with Gasteiger partial charge in [0.05, 0.1) is 12.2 Å². The van der Waals surface area contributed by atoms with Gasteiger partial charge in [-0.2, -0.15) is 4.68 Å². The van der Waals surface area contributed by atoms with Crippen LogP contribution >= 0.6 is 11.6 Å². The molecule has 1 aromatic heterocycles. The lowest BCUT2D eigenvalue weighted by molar-refractivity contribution is -0.135. The third-order valence-electron chi connectivity index (χ3n) is 4.85. The molecule has 1 amide bonds. The van der Waals surface area contributed by atoms with Crippen molar-refractivity contribution < 1.29 is 13.9 Å². The first-order valence-electron chi connectivity index (χ1n) is 9.50. The van der Waals surface area contributed by atoms with E-state index in [1.165, 1.54) is 16.8 Å². The highest BCUT2D eigenvalue weighted by molar-refractivity contribution is 6.30. The number of carbonyl (C=O) groups excluding carboxylic acids is 1. The number of piperazine rings is 1. The van der Waals surface area contributed by atoms with Gasteiger partial charge >= 0.3 is 0 Å². The van der Waals surface area contributed by atoms with Crippen LogP contribution in [0.4, 0.5) is 4.39 Å². The zero-order chi connectivity index (χ0) is 20.9. The Morgan fingerprint density at radius 1 is 1.10 bits per heavy atom. The predicted molar refractivity (Wildman–Crippen MR) is 108 cm³/mol. The van der Waals surface area contributed by atoms with Crippen molar-refractivity contribution in [3.8, 4) is 11.4 Å². The van der Waals surface area contributed by atoms with Gasteiger partial charge in [-0.15, -0.1) is 5.10 Å². The van der Waals surface area contributed by atoms with Crippen LogP contribution in [0.2, 0.25) is 5.02 Å². The number of carbonyl (C=O) groups is 1. The molecule has 1 aliphatic heterocycles. The van der Waals surface area contributed by atoms with Crippen LogP contribution in [-0.2, 0) is 11.3 Å². The Balaban J connectivity index is 1.28. The van der Waals surface area contributed by atoms with Crippen molar-refractivity contribution in [2.45, 2.75) is 6.54 Å². The lowest BCUT2D eigenvalue weighted by Crippen LogP contribution is -2.49. The van der Waals surface area contributed by atoms with Crippen LogP contribution in [0.5, 0.6) is 5.75 Å². The van der Waals surface area contributed by atoms with Crippen LogP contribution in [0.1, 0.15) is 5.82 Å². The summed E-state index contributed by atoms with van der Waals surface area (Å²) >= 11 is 5.85. The number of amides is 1. The average Bonchev–Trinajstić information content (AvgIpc) is 3.22. The Morgan fingerprint density at radius 2 is 1.87 bits per heavy atom. The van der Waals surface area contributed by atoms with Gasteiger partial charge in [0.25, 0.3) is 5.91 Å². The number of aromatic nitrogens is 4. The van der Waals surface area contributed by atoms with Crippen LogP contribution in [0.3, 0.4) is 0 Å². The van der Waals surface area contributed by atoms with Gasteiger partial charge < -0.3 is 9.64 Å². The molecule has 0 N–H and O–H groups in total. The Hall–Kier alpha value is -3.04. The van der Waals surface area contributed by atoms with Crippen LogP contribution < -0.4 is 4.74 Å². The summed E-state index contributed by atoms with van der Waals surface area (Å²) in [4.78, 5) is 16.4. The minimum Gasteiger partial charge on any atom is -0.484 e. The molecule has 156 valence electrons. The minimum atomic E-state index is -0.345. The van der Waals surface area contributed by atoms with E-state index in [0.29, 0.717) is 55.0 Å². The van der Waals surface area contributed by atoms with Gasteiger partial charge in [-0.05, 0) is 52.9 Å². The number of hydrogen-bond acceptors (Lipinski definition) is 6. The third-order valence-corrected chi connectivity index (χ3v) is 5.10. The second-order valence-electron chi connectivity index (χ2n) is 6.89. The molecule has 0 aliphatic carbocycles. The van der Waals surface area contributed by atoms with Crippen LogP contribution in [0, 0.1) is 5.82 Å². The molecule has 1 aliphatic rings. The number of hydrogen-bond donors (Lipinski definition) is 0. The molecule has 10 heteroatoms. The molecule has 2 aromatic carbocycles. The lowest BCUT2D eigenvalue weighted by atomic mass is 10.3. The summed E-state index contributed by atoms with van der Waals surface area (Å²) in [6.45, 7) is 3.03. The summed E-state index contributed by atoms with van der Waals surface area (Å²) in [6.07, 6.45) is 0. The second-order valence-corrected chi connectivity index (χ2v) is 7.32. The van der Waals surface area contributed by atoms with Crippen molar-refractivity contribution in [3.63, 3.8) is 0 Å². The molecule has 0 atom stereocenters. The molecule has 4 rings (SSSR count). The van der Waals surface area contributed by atoms with E-state index in [2.05, 4.69) is 20.4 Å². The molecule has 30 heavy (non-hydrogen) atoms. The first-order chi connectivity index (χ1) is 14.6. The molecule has 0 spiro atoms. The second kappa shape index (κ2) is 9.19. The molecule has 1 fully saturated rings. The van der Waals surface area contributed by atoms with Gasteiger partial charge in [-0.1, -0.05) is 17.7 Å². The van der Waals surface area contributed by atoms with Crippen LogP contribution in [0.15, 0.2) is 48.5 Å². The van der Waals surface area contributed by atoms with Gasteiger partial charge in [0.2, 0.25) is 0 Å². The summed E-state index contributed by atoms with van der Waals surface area (Å²) in [5.74, 6) is 0.818. The first kappa shape index (κ1) is 20.2. The van der Waals surface area contributed by atoms with E-state index < -0.39 is 0 Å². The number of rotatable bonds is 6. The maximum Gasteiger partial charge on any atom is 0.260 e. The Bertz CT molecular complexity index is 1000. The maximum absolute atomic E-state index is 13.5. The van der Waals surface area contributed by atoms with Crippen molar-refractivity contribution in [1.29, 1.82) is 0 Å². The molecule has 0 bridgehead atoms. The van der Waals surface area contributed by atoms with E-state index >= 15 is 0 Å². The highest BCUT2D eigenvalue weighted by Gasteiger charge is 2.23. The predicted octanol–water partition coefficient (Wildman–Crippen LogP) is 2.18. The minimum absolute atomic E-state index is 0.0144. The summed E-state index contributed by atoms with van der Waals surface area (Å²) in [5, 5.41) is 12.4. The van der Waals surface area contributed by atoms with Crippen LogP contribution in [-0.4, -0.2) is 68.7 Å². The Labute approximate surface area is 177 Å². The number of tetrazole rings is 1. The van der Waals surface area contributed by atoms with E-state index in [1.54, 1.807) is 41.3 Å². The molecular formula is C20H20ClFN6O2. The fourth-order valence-corrected chi connectivity index (χ4v) is 3.36. The van der Waals surface area contributed by atoms with Crippen molar-refractivity contribution >= 4 is 17.5 Å². The molecule has 8 nitrogen and oxygen atoms in total. The molecule has 0 saturated carbocycles. The van der Waals surface area contributed by atoms with Crippen molar-refractivity contribution in [2.75, 3.05) is 32.8 Å². The summed E-state index contributed by atoms with van der Waals surface area (Å²) in [7, 11) is 0. The summed E-state index contributed by atoms with van der Waals surface area (Å²) < 4.78 is 20.6. The quantitative estimate of drug-likeness (QED) is 0.596. The molecule has 1 saturated heterocycles. The molecule has 0 unspecified atom stereocenters. The van der Waals surface area contributed by atoms with E-state index in [9.17, 15) is 9.18 Å². The van der Waals surface area contributed by atoms with E-state index in [0.717, 1.165) is 0 Å². The number of halogens is 2. The van der Waals surface area contributed by atoms with Gasteiger partial charge in [-0.3, -0.25) is 9.69 Å². The smallest absolute Gasteiger partial charge is 0.260 e. The molecular weight excluding hydrogens is 411 g/mol. The average molecular weight is 431 g/mol. The largest absolute Gasteiger partial charge is 0.484 e. The van der Waals surface area contributed by atoms with Crippen molar-refractivity contribution in [1.82, 2.24) is 30.0 Å². The summed E-state index contributed by atoms with van der Waals surface area (Å²) in [5.41, 5.74) is 0.572. The standard InChI is InChI=1S/C20H20ClFN6O2/c21-15-4-6-18(7-5-15)30-14-20(29)27-10-8-26(9-11-27)13-19-23-24-25-28(19)17-3-1-2-16(22)12-17/h1-7,12H,8-11,13-14H2. The molecule has 3 aromatic rings. The Kier molecular flexibility index (Phi) is 6.20. The van der Waals surface area contributed by atoms with Gasteiger partial charge in [0.15, 0.2) is 12.4 Å². The third kappa shape index (κ3) is 4.92. The first-order valence-corrected chi connectivity index (χ1v) is 9.88. The van der Waals surface area contributed by atoms with E-state index in [4.69, 9.17) is 16.3 Å². The van der Waals surface area contributed by atoms with E-state index in [-0.39, 0.29) is 18.3 Å². The van der Waals surface area contributed by atoms with Gasteiger partial charge in [0, 0.05) is 31.2 Å². The van der Waals surface area contributed by atoms with Crippen molar-refractivity contribution in [2.24, 2.45) is 0 Å². The topological polar surface area (TPSA) is 76.4 Å². The SMILES string of the molecule is O=C(COc1ccc(Cl)cc1)N1CCN(Cc2nnnn2-c2cccc(F)c2)CC1. The lowest BCUT2D eigenvalue weighted by Gasteiger charge is -2.34. The molecule has 2 heterocycles. The van der Waals surface area contributed by atoms with Gasteiger partial charge in [-0.25, -0.2) is 4.39 Å². The Morgan fingerprint density at radius 3 is 2.60 bits per heavy atom.